The van der Waals surface area contributed by atoms with Crippen LogP contribution < -0.4 is 14.2 Å². The van der Waals surface area contributed by atoms with Gasteiger partial charge in [-0.1, -0.05) is 12.1 Å². The molecule has 0 saturated heterocycles. The van der Waals surface area contributed by atoms with Gasteiger partial charge in [-0.3, -0.25) is 0 Å². The highest BCUT2D eigenvalue weighted by molar-refractivity contribution is 5.52. The van der Waals surface area contributed by atoms with Crippen molar-refractivity contribution in [1.29, 1.82) is 0 Å². The van der Waals surface area contributed by atoms with Crippen molar-refractivity contribution in [3.63, 3.8) is 0 Å². The maximum absolute atomic E-state index is 6.20. The van der Waals surface area contributed by atoms with E-state index in [9.17, 15) is 0 Å². The minimum atomic E-state index is -0.0457. The quantitative estimate of drug-likeness (QED) is 0.597. The van der Waals surface area contributed by atoms with E-state index in [1.54, 1.807) is 14.2 Å². The third-order valence-electron chi connectivity index (χ3n) is 4.26. The Morgan fingerprint density at radius 2 is 2.18 bits per heavy atom. The van der Waals surface area contributed by atoms with Gasteiger partial charge in [0.1, 0.15) is 19.0 Å². The molecule has 0 N–H and O–H groups in total. The molecule has 1 heterocycles. The number of para-hydroxylation sites is 1. The smallest absolute Gasteiger partial charge is 0.203 e. The van der Waals surface area contributed by atoms with Crippen molar-refractivity contribution >= 4 is 0 Å². The van der Waals surface area contributed by atoms with E-state index in [4.69, 9.17) is 23.7 Å². The van der Waals surface area contributed by atoms with E-state index < -0.39 is 0 Å². The molecule has 2 aliphatic rings. The van der Waals surface area contributed by atoms with Gasteiger partial charge >= 0.3 is 0 Å². The fraction of sp³-hybridized carbons (Fsp3) is 0.529. The van der Waals surface area contributed by atoms with Crippen LogP contribution in [0.5, 0.6) is 17.2 Å². The van der Waals surface area contributed by atoms with E-state index in [2.05, 4.69) is 6.58 Å². The molecular formula is C17H22O5. The first kappa shape index (κ1) is 15.2. The monoisotopic (exact) mass is 306 g/mol. The first-order chi connectivity index (χ1) is 10.8. The van der Waals surface area contributed by atoms with Gasteiger partial charge in [0.05, 0.1) is 13.2 Å². The molecule has 1 saturated carbocycles. The summed E-state index contributed by atoms with van der Waals surface area (Å²) >= 11 is 0. The molecule has 4 atom stereocenters. The van der Waals surface area contributed by atoms with Gasteiger partial charge in [0.25, 0.3) is 0 Å². The molecule has 3 rings (SSSR count). The van der Waals surface area contributed by atoms with Crippen molar-refractivity contribution in [3.05, 3.63) is 30.9 Å². The van der Waals surface area contributed by atoms with E-state index in [0.29, 0.717) is 11.5 Å². The van der Waals surface area contributed by atoms with Crippen LogP contribution in [0.15, 0.2) is 30.9 Å². The zero-order valence-electron chi connectivity index (χ0n) is 13.0. The molecule has 0 aromatic heterocycles. The van der Waals surface area contributed by atoms with Crippen molar-refractivity contribution in [1.82, 2.24) is 0 Å². The molecule has 1 fully saturated rings. The highest BCUT2D eigenvalue weighted by Gasteiger charge is 2.49. The van der Waals surface area contributed by atoms with E-state index in [0.717, 1.165) is 18.6 Å². The summed E-state index contributed by atoms with van der Waals surface area (Å²) < 4.78 is 28.6. The minimum Gasteiger partial charge on any atom is -0.493 e. The standard InChI is InChI=1S/C17H22O5/c1-4-6-11-14(20-10-18-2)9-15-16(11)21-13-8-5-7-12(19-3)17(13)22-15/h4-5,7-8,11,14-16H,1,6,9-10H2,2-3H3. The summed E-state index contributed by atoms with van der Waals surface area (Å²) in [6.07, 6.45) is 3.44. The van der Waals surface area contributed by atoms with E-state index in [1.165, 1.54) is 0 Å². The van der Waals surface area contributed by atoms with E-state index in [-0.39, 0.29) is 31.0 Å². The number of hydrogen-bond acceptors (Lipinski definition) is 5. The molecule has 0 amide bonds. The molecule has 0 bridgehead atoms. The van der Waals surface area contributed by atoms with Gasteiger partial charge in [-0.2, -0.15) is 0 Å². The molecule has 22 heavy (non-hydrogen) atoms. The summed E-state index contributed by atoms with van der Waals surface area (Å²) in [4.78, 5) is 0. The molecule has 5 heteroatoms. The normalized spacial score (nSPS) is 29.0. The van der Waals surface area contributed by atoms with Crippen LogP contribution in [0.25, 0.3) is 0 Å². The highest BCUT2D eigenvalue weighted by atomic mass is 16.7. The molecule has 1 aliphatic heterocycles. The lowest BCUT2D eigenvalue weighted by Gasteiger charge is -2.32. The summed E-state index contributed by atoms with van der Waals surface area (Å²) in [7, 11) is 3.25. The Hall–Kier alpha value is -1.72. The van der Waals surface area contributed by atoms with Gasteiger partial charge in [-0.25, -0.2) is 0 Å². The fourth-order valence-corrected chi connectivity index (χ4v) is 3.29. The molecule has 120 valence electrons. The van der Waals surface area contributed by atoms with Crippen molar-refractivity contribution in [3.8, 4) is 17.2 Å². The topological polar surface area (TPSA) is 46.2 Å². The lowest BCUT2D eigenvalue weighted by molar-refractivity contribution is -0.0888. The second-order valence-corrected chi connectivity index (χ2v) is 5.56. The number of allylic oxidation sites excluding steroid dienone is 1. The van der Waals surface area contributed by atoms with Crippen LogP contribution in [0.3, 0.4) is 0 Å². The Kier molecular flexibility index (Phi) is 4.55. The van der Waals surface area contributed by atoms with E-state index >= 15 is 0 Å². The van der Waals surface area contributed by atoms with Crippen LogP contribution in [0, 0.1) is 5.92 Å². The van der Waals surface area contributed by atoms with Crippen LogP contribution in [-0.2, 0) is 9.47 Å². The zero-order valence-corrected chi connectivity index (χ0v) is 13.0. The average molecular weight is 306 g/mol. The van der Waals surface area contributed by atoms with Crippen molar-refractivity contribution in [2.45, 2.75) is 31.2 Å². The second kappa shape index (κ2) is 6.58. The molecule has 1 aliphatic carbocycles. The zero-order chi connectivity index (χ0) is 15.5. The number of benzene rings is 1. The number of methoxy groups -OCH3 is 2. The maximum atomic E-state index is 6.20. The molecule has 5 nitrogen and oxygen atoms in total. The number of ether oxygens (including phenoxy) is 5. The summed E-state index contributed by atoms with van der Waals surface area (Å²) in [5.74, 6) is 2.30. The molecule has 1 aromatic rings. The predicted molar refractivity (Wildman–Crippen MR) is 81.5 cm³/mol. The highest BCUT2D eigenvalue weighted by Crippen LogP contribution is 2.47. The largest absolute Gasteiger partial charge is 0.493 e. The third-order valence-corrected chi connectivity index (χ3v) is 4.26. The lowest BCUT2D eigenvalue weighted by atomic mass is 9.98. The molecule has 1 aromatic carbocycles. The summed E-state index contributed by atoms with van der Waals surface area (Å²) in [5.41, 5.74) is 0. The Morgan fingerprint density at radius 1 is 1.32 bits per heavy atom. The minimum absolute atomic E-state index is 0.0354. The average Bonchev–Trinajstić information content (AvgIpc) is 2.87. The summed E-state index contributed by atoms with van der Waals surface area (Å²) in [6.45, 7) is 4.12. The molecule has 0 spiro atoms. The first-order valence-corrected chi connectivity index (χ1v) is 7.50. The van der Waals surface area contributed by atoms with Gasteiger partial charge in [0.2, 0.25) is 5.75 Å². The Balaban J connectivity index is 1.83. The van der Waals surface area contributed by atoms with Crippen molar-refractivity contribution < 1.29 is 23.7 Å². The van der Waals surface area contributed by atoms with Crippen LogP contribution >= 0.6 is 0 Å². The van der Waals surface area contributed by atoms with Crippen LogP contribution in [-0.4, -0.2) is 39.3 Å². The molecule has 0 radical (unpaired) electrons. The molecule has 4 unspecified atom stereocenters. The SMILES string of the molecule is C=CCC1C(OCOC)CC2Oc3c(OC)cccc3OC21. The Morgan fingerprint density at radius 3 is 2.91 bits per heavy atom. The van der Waals surface area contributed by atoms with Gasteiger partial charge in [-0.15, -0.1) is 6.58 Å². The number of hydrogen-bond donors (Lipinski definition) is 0. The second-order valence-electron chi connectivity index (χ2n) is 5.56. The predicted octanol–water partition coefficient (Wildman–Crippen LogP) is 2.79. The van der Waals surface area contributed by atoms with Crippen LogP contribution in [0.4, 0.5) is 0 Å². The number of rotatable bonds is 6. The van der Waals surface area contributed by atoms with Gasteiger partial charge < -0.3 is 23.7 Å². The maximum Gasteiger partial charge on any atom is 0.203 e. The summed E-state index contributed by atoms with van der Waals surface area (Å²) in [5, 5.41) is 0. The Bertz CT molecular complexity index is 530. The van der Waals surface area contributed by atoms with Crippen molar-refractivity contribution in [2.24, 2.45) is 5.92 Å². The fourth-order valence-electron chi connectivity index (χ4n) is 3.29. The van der Waals surface area contributed by atoms with Crippen LogP contribution in [0.1, 0.15) is 12.8 Å². The number of fused-ring (bicyclic) bond motifs is 2. The Labute approximate surface area is 130 Å². The van der Waals surface area contributed by atoms with E-state index in [1.807, 2.05) is 24.3 Å². The van der Waals surface area contributed by atoms with Gasteiger partial charge in [-0.05, 0) is 18.6 Å². The molecular weight excluding hydrogens is 284 g/mol. The van der Waals surface area contributed by atoms with Gasteiger partial charge in [0.15, 0.2) is 11.5 Å². The lowest BCUT2D eigenvalue weighted by Crippen LogP contribution is -2.39. The first-order valence-electron chi connectivity index (χ1n) is 7.50. The van der Waals surface area contributed by atoms with Crippen LogP contribution in [0.2, 0.25) is 0 Å². The van der Waals surface area contributed by atoms with Gasteiger partial charge in [0, 0.05) is 19.4 Å². The van der Waals surface area contributed by atoms with Crippen molar-refractivity contribution in [2.75, 3.05) is 21.0 Å². The third kappa shape index (κ3) is 2.66. The summed E-state index contributed by atoms with van der Waals surface area (Å²) in [6, 6.07) is 5.68.